The third-order valence-electron chi connectivity index (χ3n) is 5.74. The molecule has 0 radical (unpaired) electrons. The molecule has 0 spiro atoms. The first kappa shape index (κ1) is 17.8. The standard InChI is InChI=1S/C20H25N3O4/c1-2-14-11-16(27-21-14)12-22-18-10-13(19(24)25)8-9-17(18)23(20(22)26)15-6-4-3-5-7-15/h8-10,15-16H,2-7,11-12H2,1H3,(H,24,25). The lowest BCUT2D eigenvalue weighted by Gasteiger charge is -2.23. The normalized spacial score (nSPS) is 20.6. The minimum atomic E-state index is -0.991. The molecule has 1 unspecified atom stereocenters. The van der Waals surface area contributed by atoms with E-state index in [9.17, 15) is 14.7 Å². The predicted molar refractivity (Wildman–Crippen MR) is 102 cm³/mol. The van der Waals surface area contributed by atoms with E-state index in [1.165, 1.54) is 6.42 Å². The molecule has 7 heteroatoms. The number of nitrogens with zero attached hydrogens (tertiary/aromatic N) is 3. The lowest BCUT2D eigenvalue weighted by Crippen LogP contribution is -2.31. The molecule has 2 aromatic rings. The molecule has 144 valence electrons. The third-order valence-corrected chi connectivity index (χ3v) is 5.74. The van der Waals surface area contributed by atoms with Crippen molar-refractivity contribution in [2.75, 3.05) is 0 Å². The molecule has 1 aliphatic carbocycles. The average molecular weight is 371 g/mol. The number of hydrogen-bond acceptors (Lipinski definition) is 4. The van der Waals surface area contributed by atoms with Gasteiger partial charge in [0.25, 0.3) is 0 Å². The Hall–Kier alpha value is -2.57. The number of carboxylic acid groups (broad SMARTS) is 1. The third kappa shape index (κ3) is 3.26. The Morgan fingerprint density at radius 3 is 2.70 bits per heavy atom. The Bertz CT molecular complexity index is 950. The van der Waals surface area contributed by atoms with Crippen LogP contribution in [0.15, 0.2) is 28.1 Å². The number of oxime groups is 1. The Morgan fingerprint density at radius 2 is 2.04 bits per heavy atom. The van der Waals surface area contributed by atoms with Crippen molar-refractivity contribution in [3.05, 3.63) is 34.2 Å². The zero-order valence-corrected chi connectivity index (χ0v) is 15.6. The molecule has 7 nitrogen and oxygen atoms in total. The molecule has 1 saturated carbocycles. The molecular weight excluding hydrogens is 346 g/mol. The summed E-state index contributed by atoms with van der Waals surface area (Å²) in [5.74, 6) is -0.991. The van der Waals surface area contributed by atoms with Crippen LogP contribution in [-0.4, -0.2) is 32.0 Å². The number of benzene rings is 1. The molecule has 2 heterocycles. The topological polar surface area (TPSA) is 85.8 Å². The lowest BCUT2D eigenvalue weighted by atomic mass is 9.95. The van der Waals surface area contributed by atoms with Gasteiger partial charge in [0.15, 0.2) is 6.10 Å². The molecule has 1 N–H and O–H groups in total. The molecule has 27 heavy (non-hydrogen) atoms. The molecule has 0 saturated heterocycles. The summed E-state index contributed by atoms with van der Waals surface area (Å²) in [6.07, 6.45) is 6.78. The molecule has 1 aromatic heterocycles. The fraction of sp³-hybridized carbons (Fsp3) is 0.550. The van der Waals surface area contributed by atoms with Gasteiger partial charge in [-0.2, -0.15) is 0 Å². The highest BCUT2D eigenvalue weighted by Gasteiger charge is 2.27. The second kappa shape index (κ2) is 7.21. The minimum Gasteiger partial charge on any atom is -0.478 e. The zero-order valence-electron chi connectivity index (χ0n) is 15.6. The SMILES string of the molecule is CCC1=NOC(Cn2c(=O)n(C3CCCCC3)c3ccc(C(=O)O)cc32)C1. The Morgan fingerprint density at radius 1 is 1.26 bits per heavy atom. The van der Waals surface area contributed by atoms with Gasteiger partial charge in [-0.1, -0.05) is 31.3 Å². The summed E-state index contributed by atoms with van der Waals surface area (Å²) < 4.78 is 3.55. The van der Waals surface area contributed by atoms with E-state index in [0.29, 0.717) is 18.5 Å². The Kier molecular flexibility index (Phi) is 4.76. The van der Waals surface area contributed by atoms with Crippen LogP contribution in [0.25, 0.3) is 11.0 Å². The average Bonchev–Trinajstić information content (AvgIpc) is 3.25. The number of hydrogen-bond donors (Lipinski definition) is 1. The van der Waals surface area contributed by atoms with E-state index >= 15 is 0 Å². The van der Waals surface area contributed by atoms with Crippen LogP contribution < -0.4 is 5.69 Å². The molecule has 4 rings (SSSR count). The van der Waals surface area contributed by atoms with E-state index in [4.69, 9.17) is 4.84 Å². The number of rotatable bonds is 5. The monoisotopic (exact) mass is 371 g/mol. The first-order valence-corrected chi connectivity index (χ1v) is 9.78. The van der Waals surface area contributed by atoms with Crippen LogP contribution in [0, 0.1) is 0 Å². The maximum Gasteiger partial charge on any atom is 0.335 e. The Labute approximate surface area is 157 Å². The van der Waals surface area contributed by atoms with E-state index < -0.39 is 5.97 Å². The van der Waals surface area contributed by atoms with E-state index in [2.05, 4.69) is 5.16 Å². The minimum absolute atomic E-state index is 0.0759. The zero-order chi connectivity index (χ0) is 19.0. The maximum atomic E-state index is 13.3. The van der Waals surface area contributed by atoms with Crippen molar-refractivity contribution in [2.24, 2.45) is 5.16 Å². The van der Waals surface area contributed by atoms with Gasteiger partial charge in [-0.05, 0) is 37.5 Å². The van der Waals surface area contributed by atoms with Gasteiger partial charge >= 0.3 is 11.7 Å². The quantitative estimate of drug-likeness (QED) is 0.871. The summed E-state index contributed by atoms with van der Waals surface area (Å²) in [7, 11) is 0. The predicted octanol–water partition coefficient (Wildman–Crippen LogP) is 3.56. The molecule has 1 fully saturated rings. The van der Waals surface area contributed by atoms with E-state index in [1.54, 1.807) is 22.8 Å². The van der Waals surface area contributed by atoms with Crippen molar-refractivity contribution >= 4 is 22.7 Å². The number of carbonyl (C=O) groups is 1. The number of carboxylic acids is 1. The smallest absolute Gasteiger partial charge is 0.335 e. The van der Waals surface area contributed by atoms with Crippen LogP contribution in [0.5, 0.6) is 0 Å². The maximum absolute atomic E-state index is 13.3. The lowest BCUT2D eigenvalue weighted by molar-refractivity contribution is 0.0697. The fourth-order valence-electron chi connectivity index (χ4n) is 4.28. The molecule has 0 bridgehead atoms. The van der Waals surface area contributed by atoms with Gasteiger partial charge in [0.2, 0.25) is 0 Å². The number of fused-ring (bicyclic) bond motifs is 1. The molecule has 2 aliphatic rings. The van der Waals surface area contributed by atoms with Crippen molar-refractivity contribution in [3.63, 3.8) is 0 Å². The van der Waals surface area contributed by atoms with Crippen LogP contribution in [0.2, 0.25) is 0 Å². The highest BCUT2D eigenvalue weighted by molar-refractivity contribution is 5.92. The summed E-state index contributed by atoms with van der Waals surface area (Å²) in [4.78, 5) is 30.2. The van der Waals surface area contributed by atoms with Crippen molar-refractivity contribution in [1.29, 1.82) is 0 Å². The molecule has 1 aliphatic heterocycles. The summed E-state index contributed by atoms with van der Waals surface area (Å²) in [6.45, 7) is 2.41. The van der Waals surface area contributed by atoms with Crippen LogP contribution in [0.3, 0.4) is 0 Å². The van der Waals surface area contributed by atoms with Gasteiger partial charge in [-0.15, -0.1) is 0 Å². The van der Waals surface area contributed by atoms with Crippen LogP contribution >= 0.6 is 0 Å². The van der Waals surface area contributed by atoms with Crippen LogP contribution in [0.1, 0.15) is 68.3 Å². The van der Waals surface area contributed by atoms with Crippen LogP contribution in [0.4, 0.5) is 0 Å². The van der Waals surface area contributed by atoms with Crippen molar-refractivity contribution in [3.8, 4) is 0 Å². The van der Waals surface area contributed by atoms with E-state index in [-0.39, 0.29) is 23.4 Å². The van der Waals surface area contributed by atoms with Crippen molar-refractivity contribution < 1.29 is 14.7 Å². The number of aromatic nitrogens is 2. The largest absolute Gasteiger partial charge is 0.478 e. The summed E-state index contributed by atoms with van der Waals surface area (Å²) in [6, 6.07) is 5.14. The fourth-order valence-corrected chi connectivity index (χ4v) is 4.28. The molecule has 1 atom stereocenters. The second-order valence-corrected chi connectivity index (χ2v) is 7.51. The molecule has 1 aromatic carbocycles. The summed E-state index contributed by atoms with van der Waals surface area (Å²) >= 11 is 0. The van der Waals surface area contributed by atoms with Gasteiger partial charge in [0.1, 0.15) is 0 Å². The van der Waals surface area contributed by atoms with Gasteiger partial charge in [0.05, 0.1) is 28.9 Å². The number of imidazole rings is 1. The number of aromatic carboxylic acids is 1. The highest BCUT2D eigenvalue weighted by atomic mass is 16.6. The van der Waals surface area contributed by atoms with Gasteiger partial charge < -0.3 is 9.94 Å². The highest BCUT2D eigenvalue weighted by Crippen LogP contribution is 2.30. The van der Waals surface area contributed by atoms with Crippen molar-refractivity contribution in [1.82, 2.24) is 9.13 Å². The van der Waals surface area contributed by atoms with E-state index in [1.807, 2.05) is 11.5 Å². The van der Waals surface area contributed by atoms with Gasteiger partial charge in [-0.3, -0.25) is 9.13 Å². The van der Waals surface area contributed by atoms with Gasteiger partial charge in [0, 0.05) is 12.5 Å². The second-order valence-electron chi connectivity index (χ2n) is 7.51. The molecule has 0 amide bonds. The summed E-state index contributed by atoms with van der Waals surface area (Å²) in [5, 5.41) is 13.5. The summed E-state index contributed by atoms with van der Waals surface area (Å²) in [5.41, 5.74) is 2.59. The molecular formula is C20H25N3O4. The first-order chi connectivity index (χ1) is 13.1. The van der Waals surface area contributed by atoms with Crippen molar-refractivity contribution in [2.45, 2.75) is 70.6 Å². The Balaban J connectivity index is 1.78. The van der Waals surface area contributed by atoms with Gasteiger partial charge in [-0.25, -0.2) is 9.59 Å². The van der Waals surface area contributed by atoms with Crippen LogP contribution in [-0.2, 0) is 11.4 Å². The van der Waals surface area contributed by atoms with E-state index in [0.717, 1.165) is 43.3 Å². The first-order valence-electron chi connectivity index (χ1n) is 9.78.